The highest BCUT2D eigenvalue weighted by Gasteiger charge is 2.26. The van der Waals surface area contributed by atoms with Crippen molar-refractivity contribution >= 4 is 67.8 Å². The molecule has 0 saturated carbocycles. The third-order valence-corrected chi connectivity index (χ3v) is 10.8. The average Bonchev–Trinajstić information content (AvgIpc) is 4.06. The SMILES string of the molecule is CC[C@H](Nc1ncnc2[nH]cnc12)c1oc2ccccc2c(=O)c1-c1cccc(F)c1.CC[C@H](Nc1ncnc2[nH]cnc12)c1oc2ccccc2c(=O)c1-c1cccc(F)c1.O=C(O)/C=C\C(=O)O. The van der Waals surface area contributed by atoms with Gasteiger partial charge in [-0.05, 0) is 72.5 Å². The van der Waals surface area contributed by atoms with Crippen molar-refractivity contribution in [1.29, 1.82) is 0 Å². The van der Waals surface area contributed by atoms with Crippen molar-refractivity contribution in [2.24, 2.45) is 0 Å². The summed E-state index contributed by atoms with van der Waals surface area (Å²) in [4.78, 5) is 77.4. The molecular weight excluding hydrogens is 907 g/mol. The summed E-state index contributed by atoms with van der Waals surface area (Å²) in [7, 11) is 0. The molecule has 70 heavy (non-hydrogen) atoms. The Bertz CT molecular complexity index is 3450. The Morgan fingerprint density at radius 3 is 1.40 bits per heavy atom. The number of hydrogen-bond donors (Lipinski definition) is 6. The lowest BCUT2D eigenvalue weighted by atomic mass is 9.97. The zero-order valence-corrected chi connectivity index (χ0v) is 37.1. The monoisotopic (exact) mass is 946 g/mol. The summed E-state index contributed by atoms with van der Waals surface area (Å²) >= 11 is 0. The molecule has 0 spiro atoms. The van der Waals surface area contributed by atoms with E-state index >= 15 is 0 Å². The Morgan fingerprint density at radius 2 is 1.01 bits per heavy atom. The van der Waals surface area contributed by atoms with E-state index in [1.165, 1.54) is 36.9 Å². The summed E-state index contributed by atoms with van der Waals surface area (Å²) in [5, 5.41) is 23.2. The molecule has 0 fully saturated rings. The normalized spacial score (nSPS) is 12.0. The van der Waals surface area contributed by atoms with Crippen LogP contribution in [-0.4, -0.2) is 62.0 Å². The fraction of sp³-hybridized carbons (Fsp3) is 0.120. The van der Waals surface area contributed by atoms with Gasteiger partial charge < -0.3 is 39.6 Å². The molecule has 0 aliphatic heterocycles. The zero-order valence-electron chi connectivity index (χ0n) is 37.1. The van der Waals surface area contributed by atoms with E-state index in [0.717, 1.165) is 0 Å². The number of para-hydroxylation sites is 2. The van der Waals surface area contributed by atoms with Crippen LogP contribution in [0.1, 0.15) is 50.3 Å². The second-order valence-corrected chi connectivity index (χ2v) is 15.2. The Kier molecular flexibility index (Phi) is 14.1. The highest BCUT2D eigenvalue weighted by molar-refractivity contribution is 5.90. The van der Waals surface area contributed by atoms with Crippen molar-refractivity contribution < 1.29 is 37.4 Å². The van der Waals surface area contributed by atoms with Gasteiger partial charge in [0, 0.05) is 12.2 Å². The van der Waals surface area contributed by atoms with E-state index in [-0.39, 0.29) is 10.9 Å². The van der Waals surface area contributed by atoms with Crippen LogP contribution in [-0.2, 0) is 9.59 Å². The number of benzene rings is 4. The molecule has 10 rings (SSSR count). The second kappa shape index (κ2) is 21.0. The van der Waals surface area contributed by atoms with E-state index in [4.69, 9.17) is 19.0 Å². The number of aromatic amines is 2. The summed E-state index contributed by atoms with van der Waals surface area (Å²) in [6.07, 6.45) is 8.22. The van der Waals surface area contributed by atoms with Gasteiger partial charge in [0.2, 0.25) is 10.9 Å². The quantitative estimate of drug-likeness (QED) is 0.0623. The molecule has 6 N–H and O–H groups in total. The Hall–Kier alpha value is -9.46. The number of carboxylic acids is 2. The maximum Gasteiger partial charge on any atom is 0.328 e. The van der Waals surface area contributed by atoms with Crippen molar-refractivity contribution in [1.82, 2.24) is 39.9 Å². The minimum Gasteiger partial charge on any atom is -0.478 e. The van der Waals surface area contributed by atoms with Gasteiger partial charge in [0.1, 0.15) is 58.0 Å². The molecule has 18 nitrogen and oxygen atoms in total. The van der Waals surface area contributed by atoms with Crippen LogP contribution >= 0.6 is 0 Å². The van der Waals surface area contributed by atoms with Gasteiger partial charge in [-0.1, -0.05) is 62.4 Å². The first kappa shape index (κ1) is 47.0. The van der Waals surface area contributed by atoms with E-state index in [1.807, 2.05) is 26.0 Å². The number of H-pyrrole nitrogens is 2. The number of rotatable bonds is 12. The average molecular weight is 947 g/mol. The Morgan fingerprint density at radius 1 is 0.600 bits per heavy atom. The molecule has 0 aliphatic rings. The van der Waals surface area contributed by atoms with Gasteiger partial charge in [0.05, 0.1) is 46.6 Å². The van der Waals surface area contributed by atoms with E-state index in [0.29, 0.717) is 115 Å². The number of hydrogen-bond acceptors (Lipinski definition) is 14. The number of aliphatic carboxylic acids is 2. The molecule has 2 atom stereocenters. The van der Waals surface area contributed by atoms with Crippen LogP contribution in [0.2, 0.25) is 0 Å². The van der Waals surface area contributed by atoms with Gasteiger partial charge in [-0.3, -0.25) is 9.59 Å². The highest BCUT2D eigenvalue weighted by atomic mass is 19.1. The molecule has 4 aromatic carbocycles. The molecular formula is C50H40F2N10O8. The standard InChI is InChI=1S/2C23H18FN5O2.C4H4O4/c2*1-2-16(29-23-19-22(26-11-25-19)27-12-28-23)21-18(13-6-5-7-14(24)10-13)20(30)15-8-3-4-9-17(15)31-21;5-3(6)1-2-4(7)8/h2*3-12,16H,2H2,1H3,(H2,25,26,27,28,29);1-2H,(H,5,6)(H,7,8)/b;;2-1-/t2*16-;/m00./s1. The van der Waals surface area contributed by atoms with Gasteiger partial charge in [-0.15, -0.1) is 0 Å². The molecule has 352 valence electrons. The Balaban J connectivity index is 0.000000163. The molecule has 0 saturated heterocycles. The lowest BCUT2D eigenvalue weighted by Crippen LogP contribution is -2.17. The minimum atomic E-state index is -1.26. The summed E-state index contributed by atoms with van der Waals surface area (Å²) in [5.41, 5.74) is 4.43. The van der Waals surface area contributed by atoms with Gasteiger partial charge in [0.15, 0.2) is 22.9 Å². The van der Waals surface area contributed by atoms with Crippen molar-refractivity contribution in [3.63, 3.8) is 0 Å². The number of fused-ring (bicyclic) bond motifs is 4. The zero-order chi connectivity index (χ0) is 49.3. The van der Waals surface area contributed by atoms with Crippen molar-refractivity contribution in [2.75, 3.05) is 10.6 Å². The van der Waals surface area contributed by atoms with Gasteiger partial charge in [0.25, 0.3) is 0 Å². The first-order chi connectivity index (χ1) is 33.9. The topological polar surface area (TPSA) is 268 Å². The van der Waals surface area contributed by atoms with Gasteiger partial charge in [-0.2, -0.15) is 0 Å². The predicted molar refractivity (Wildman–Crippen MR) is 257 cm³/mol. The van der Waals surface area contributed by atoms with E-state index in [9.17, 15) is 28.0 Å². The minimum absolute atomic E-state index is 0.213. The molecule has 0 aliphatic carbocycles. The second-order valence-electron chi connectivity index (χ2n) is 15.2. The molecule has 0 unspecified atom stereocenters. The number of imidazole rings is 2. The number of aromatic nitrogens is 8. The Labute approximate surface area is 393 Å². The lowest BCUT2D eigenvalue weighted by molar-refractivity contribution is -0.134. The van der Waals surface area contributed by atoms with Crippen LogP contribution in [0.5, 0.6) is 0 Å². The first-order valence-electron chi connectivity index (χ1n) is 21.5. The summed E-state index contributed by atoms with van der Waals surface area (Å²) < 4.78 is 40.5. The molecule has 10 aromatic rings. The molecule has 0 bridgehead atoms. The summed E-state index contributed by atoms with van der Waals surface area (Å²) in [6, 6.07) is 25.2. The van der Waals surface area contributed by atoms with Crippen LogP contribution in [0.25, 0.3) is 66.5 Å². The first-order valence-corrected chi connectivity index (χ1v) is 21.5. The predicted octanol–water partition coefficient (Wildman–Crippen LogP) is 9.37. The van der Waals surface area contributed by atoms with Gasteiger partial charge >= 0.3 is 11.9 Å². The van der Waals surface area contributed by atoms with Crippen LogP contribution < -0.4 is 21.5 Å². The number of anilines is 2. The molecule has 6 aromatic heterocycles. The van der Waals surface area contributed by atoms with Crippen molar-refractivity contribution in [3.05, 3.63) is 178 Å². The van der Waals surface area contributed by atoms with Crippen LogP contribution in [0.3, 0.4) is 0 Å². The maximum atomic E-state index is 14.0. The fourth-order valence-corrected chi connectivity index (χ4v) is 7.56. The number of carbonyl (C=O) groups is 2. The molecule has 0 radical (unpaired) electrons. The lowest BCUT2D eigenvalue weighted by Gasteiger charge is -2.20. The van der Waals surface area contributed by atoms with Crippen molar-refractivity contribution in [2.45, 2.75) is 38.8 Å². The van der Waals surface area contributed by atoms with Gasteiger partial charge in [-0.25, -0.2) is 48.3 Å². The van der Waals surface area contributed by atoms with E-state index in [1.54, 1.807) is 73.3 Å². The smallest absolute Gasteiger partial charge is 0.328 e. The molecule has 0 amide bonds. The van der Waals surface area contributed by atoms with E-state index in [2.05, 4.69) is 50.5 Å². The highest BCUT2D eigenvalue weighted by Crippen LogP contribution is 2.35. The number of nitrogens with one attached hydrogen (secondary N) is 4. The largest absolute Gasteiger partial charge is 0.478 e. The third-order valence-electron chi connectivity index (χ3n) is 10.8. The number of nitrogens with zero attached hydrogens (tertiary/aromatic N) is 6. The number of halogens is 2. The molecule has 6 heterocycles. The van der Waals surface area contributed by atoms with Crippen LogP contribution in [0.4, 0.5) is 20.4 Å². The fourth-order valence-electron chi connectivity index (χ4n) is 7.56. The van der Waals surface area contributed by atoms with E-state index < -0.39 is 35.7 Å². The number of carboxylic acid groups (broad SMARTS) is 2. The third kappa shape index (κ3) is 10.2. The summed E-state index contributed by atoms with van der Waals surface area (Å²) in [5.74, 6) is -1.51. The van der Waals surface area contributed by atoms with Crippen molar-refractivity contribution in [3.8, 4) is 22.3 Å². The summed E-state index contributed by atoms with van der Waals surface area (Å²) in [6.45, 7) is 3.93. The maximum absolute atomic E-state index is 14.0. The molecule has 20 heteroatoms. The van der Waals surface area contributed by atoms with Crippen LogP contribution in [0.15, 0.2) is 153 Å². The van der Waals surface area contributed by atoms with Crippen LogP contribution in [0, 0.1) is 11.6 Å².